The van der Waals surface area contributed by atoms with Crippen LogP contribution in [0.5, 0.6) is 0 Å². The van der Waals surface area contributed by atoms with Crippen LogP contribution in [0.2, 0.25) is 0 Å². The Morgan fingerprint density at radius 3 is 2.67 bits per heavy atom. The Morgan fingerprint density at radius 1 is 1.78 bits per heavy atom. The summed E-state index contributed by atoms with van der Waals surface area (Å²) in [6.45, 7) is 2.80. The fourth-order valence-electron chi connectivity index (χ4n) is 0.461. The molecule has 0 aromatic carbocycles. The van der Waals surface area contributed by atoms with Crippen molar-refractivity contribution in [2.24, 2.45) is 0 Å². The molecule has 0 atom stereocenters. The minimum absolute atomic E-state index is 0. The minimum Gasteiger partial charge on any atom is -0.367 e. The molecule has 1 heterocycles. The number of nitrogens with zero attached hydrogens (tertiary/aromatic N) is 3. The van der Waals surface area contributed by atoms with Gasteiger partial charge in [-0.1, -0.05) is 0 Å². The van der Waals surface area contributed by atoms with E-state index in [0.29, 0.717) is 5.95 Å². The summed E-state index contributed by atoms with van der Waals surface area (Å²) in [5.74, 6) is 0.340. The molecule has 5 heteroatoms. The Hall–Kier alpha value is -0.770. The van der Waals surface area contributed by atoms with Crippen LogP contribution in [0.1, 0.15) is 6.92 Å². The number of rotatable bonds is 1. The second kappa shape index (κ2) is 3.29. The topological polar surface area (TPSA) is 56.7 Å². The average Bonchev–Trinajstić information content (AvgIpc) is 2.14. The predicted octanol–water partition coefficient (Wildman–Crippen LogP) is 0.302. The quantitative estimate of drug-likeness (QED) is 0.624. The SMILES string of the molecule is CCn1cnc(N)n1.Cl. The lowest BCUT2D eigenvalue weighted by atomic mass is 10.8. The highest BCUT2D eigenvalue weighted by Crippen LogP contribution is 1.86. The van der Waals surface area contributed by atoms with Gasteiger partial charge in [0.2, 0.25) is 5.95 Å². The molecule has 0 aliphatic carbocycles. The number of nitrogen functional groups attached to an aromatic ring is 1. The van der Waals surface area contributed by atoms with Crippen LogP contribution in [0.25, 0.3) is 0 Å². The molecule has 1 aromatic rings. The summed E-state index contributed by atoms with van der Waals surface area (Å²) in [6, 6.07) is 0. The first-order valence-electron chi connectivity index (χ1n) is 2.48. The third-order valence-electron chi connectivity index (χ3n) is 0.878. The van der Waals surface area contributed by atoms with Gasteiger partial charge in [-0.3, -0.25) is 4.68 Å². The summed E-state index contributed by atoms with van der Waals surface area (Å²) in [5.41, 5.74) is 5.21. The molecule has 0 aliphatic rings. The molecular weight excluding hydrogens is 140 g/mol. The highest BCUT2D eigenvalue weighted by Gasteiger charge is 1.88. The van der Waals surface area contributed by atoms with E-state index >= 15 is 0 Å². The molecule has 0 aliphatic heterocycles. The van der Waals surface area contributed by atoms with E-state index in [0.717, 1.165) is 6.54 Å². The first kappa shape index (κ1) is 8.23. The van der Waals surface area contributed by atoms with Gasteiger partial charge in [0.1, 0.15) is 6.33 Å². The summed E-state index contributed by atoms with van der Waals surface area (Å²) in [6.07, 6.45) is 1.61. The van der Waals surface area contributed by atoms with Crippen LogP contribution in [0, 0.1) is 0 Å². The molecule has 0 saturated carbocycles. The van der Waals surface area contributed by atoms with Crippen LogP contribution in [0.15, 0.2) is 6.33 Å². The van der Waals surface area contributed by atoms with E-state index in [1.54, 1.807) is 11.0 Å². The second-order valence-electron chi connectivity index (χ2n) is 1.46. The van der Waals surface area contributed by atoms with Crippen molar-refractivity contribution in [2.45, 2.75) is 13.5 Å². The molecule has 52 valence electrons. The Kier molecular flexibility index (Phi) is 3.01. The van der Waals surface area contributed by atoms with Crippen molar-refractivity contribution in [1.82, 2.24) is 14.8 Å². The standard InChI is InChI=1S/C4H8N4.ClH/c1-2-8-3-6-4(5)7-8;/h3H,2H2,1H3,(H2,5,7);1H. The maximum atomic E-state index is 5.21. The van der Waals surface area contributed by atoms with E-state index < -0.39 is 0 Å². The van der Waals surface area contributed by atoms with Crippen molar-refractivity contribution in [3.8, 4) is 0 Å². The second-order valence-corrected chi connectivity index (χ2v) is 1.46. The Morgan fingerprint density at radius 2 is 2.44 bits per heavy atom. The van der Waals surface area contributed by atoms with Crippen molar-refractivity contribution < 1.29 is 0 Å². The lowest BCUT2D eigenvalue weighted by Gasteiger charge is -1.86. The van der Waals surface area contributed by atoms with E-state index in [1.807, 2.05) is 6.92 Å². The van der Waals surface area contributed by atoms with E-state index in [-0.39, 0.29) is 12.4 Å². The molecule has 4 nitrogen and oxygen atoms in total. The maximum Gasteiger partial charge on any atom is 0.239 e. The van der Waals surface area contributed by atoms with Crippen LogP contribution in [0.3, 0.4) is 0 Å². The van der Waals surface area contributed by atoms with Gasteiger partial charge in [0.15, 0.2) is 0 Å². The number of aromatic nitrogens is 3. The predicted molar refractivity (Wildman–Crippen MR) is 37.4 cm³/mol. The molecule has 0 radical (unpaired) electrons. The van der Waals surface area contributed by atoms with Gasteiger partial charge >= 0.3 is 0 Å². The highest BCUT2D eigenvalue weighted by molar-refractivity contribution is 5.85. The summed E-state index contributed by atoms with van der Waals surface area (Å²) < 4.78 is 1.68. The van der Waals surface area contributed by atoms with Crippen molar-refractivity contribution >= 4 is 18.4 Å². The molecule has 0 unspecified atom stereocenters. The monoisotopic (exact) mass is 148 g/mol. The van der Waals surface area contributed by atoms with E-state index in [1.165, 1.54) is 0 Å². The number of halogens is 1. The molecule has 0 bridgehead atoms. The minimum atomic E-state index is 0. The Balaban J connectivity index is 0.000000640. The van der Waals surface area contributed by atoms with Crippen LogP contribution in [-0.2, 0) is 6.54 Å². The van der Waals surface area contributed by atoms with Crippen molar-refractivity contribution in [3.05, 3.63) is 6.33 Å². The van der Waals surface area contributed by atoms with Crippen LogP contribution in [-0.4, -0.2) is 14.8 Å². The first-order valence-corrected chi connectivity index (χ1v) is 2.48. The first-order chi connectivity index (χ1) is 3.83. The summed E-state index contributed by atoms with van der Waals surface area (Å²) >= 11 is 0. The smallest absolute Gasteiger partial charge is 0.239 e. The third kappa shape index (κ3) is 1.89. The maximum absolute atomic E-state index is 5.21. The fourth-order valence-corrected chi connectivity index (χ4v) is 0.461. The zero-order valence-electron chi connectivity index (χ0n) is 5.11. The molecule has 0 spiro atoms. The lowest BCUT2D eigenvalue weighted by Crippen LogP contribution is -1.95. The Labute approximate surface area is 59.5 Å². The third-order valence-corrected chi connectivity index (χ3v) is 0.878. The zero-order valence-corrected chi connectivity index (χ0v) is 5.93. The lowest BCUT2D eigenvalue weighted by molar-refractivity contribution is 0.660. The van der Waals surface area contributed by atoms with Crippen LogP contribution in [0.4, 0.5) is 5.95 Å². The van der Waals surface area contributed by atoms with E-state index in [9.17, 15) is 0 Å². The van der Waals surface area contributed by atoms with Gasteiger partial charge in [-0.05, 0) is 6.92 Å². The molecule has 9 heavy (non-hydrogen) atoms. The van der Waals surface area contributed by atoms with Crippen LogP contribution < -0.4 is 5.73 Å². The normalized spacial score (nSPS) is 8.56. The van der Waals surface area contributed by atoms with E-state index in [2.05, 4.69) is 10.1 Å². The molecule has 1 rings (SSSR count). The summed E-state index contributed by atoms with van der Waals surface area (Å²) in [7, 11) is 0. The summed E-state index contributed by atoms with van der Waals surface area (Å²) in [5, 5.41) is 3.81. The van der Waals surface area contributed by atoms with Gasteiger partial charge in [0.25, 0.3) is 0 Å². The van der Waals surface area contributed by atoms with Crippen molar-refractivity contribution in [3.63, 3.8) is 0 Å². The number of hydrogen-bond donors (Lipinski definition) is 1. The van der Waals surface area contributed by atoms with E-state index in [4.69, 9.17) is 5.73 Å². The highest BCUT2D eigenvalue weighted by atomic mass is 35.5. The summed E-state index contributed by atoms with van der Waals surface area (Å²) in [4.78, 5) is 3.72. The number of hydrogen-bond acceptors (Lipinski definition) is 3. The number of anilines is 1. The van der Waals surface area contributed by atoms with Gasteiger partial charge in [0, 0.05) is 6.54 Å². The van der Waals surface area contributed by atoms with Gasteiger partial charge in [-0.15, -0.1) is 17.5 Å². The molecule has 0 fully saturated rings. The van der Waals surface area contributed by atoms with Gasteiger partial charge in [-0.2, -0.15) is 0 Å². The van der Waals surface area contributed by atoms with Crippen molar-refractivity contribution in [1.29, 1.82) is 0 Å². The largest absolute Gasteiger partial charge is 0.367 e. The van der Waals surface area contributed by atoms with Gasteiger partial charge in [0.05, 0.1) is 0 Å². The number of aryl methyl sites for hydroxylation is 1. The zero-order chi connectivity index (χ0) is 5.98. The molecule has 0 amide bonds. The average molecular weight is 149 g/mol. The molecule has 2 N–H and O–H groups in total. The van der Waals surface area contributed by atoms with Crippen LogP contribution >= 0.6 is 12.4 Å². The number of nitrogens with two attached hydrogens (primary N) is 1. The van der Waals surface area contributed by atoms with Gasteiger partial charge < -0.3 is 5.73 Å². The fraction of sp³-hybridized carbons (Fsp3) is 0.500. The van der Waals surface area contributed by atoms with Gasteiger partial charge in [-0.25, -0.2) is 4.98 Å². The Bertz CT molecular complexity index is 173. The molecule has 0 saturated heterocycles. The van der Waals surface area contributed by atoms with Crippen molar-refractivity contribution in [2.75, 3.05) is 5.73 Å². The molecular formula is C4H9ClN4. The molecule has 1 aromatic heterocycles.